The van der Waals surface area contributed by atoms with Crippen LogP contribution < -0.4 is 5.32 Å². The lowest BCUT2D eigenvalue weighted by atomic mass is 9.98. The molecule has 0 aliphatic heterocycles. The van der Waals surface area contributed by atoms with E-state index in [1.807, 2.05) is 0 Å². The largest absolute Gasteiger partial charge is 0.394 e. The predicted octanol–water partition coefficient (Wildman–Crippen LogP) is 1.45. The van der Waals surface area contributed by atoms with Crippen molar-refractivity contribution in [3.8, 4) is 0 Å². The van der Waals surface area contributed by atoms with Crippen molar-refractivity contribution in [2.45, 2.75) is 18.9 Å². The van der Waals surface area contributed by atoms with Gasteiger partial charge in [-0.15, -0.1) is 0 Å². The number of nitrogens with one attached hydrogen (secondary N) is 1. The lowest BCUT2D eigenvalue weighted by Gasteiger charge is -2.29. The summed E-state index contributed by atoms with van der Waals surface area (Å²) in [6.45, 7) is 1.01. The van der Waals surface area contributed by atoms with Gasteiger partial charge < -0.3 is 15.5 Å². The summed E-state index contributed by atoms with van der Waals surface area (Å²) in [7, 11) is 0. The van der Waals surface area contributed by atoms with E-state index in [2.05, 4.69) is 21.2 Å². The Kier molecular flexibility index (Phi) is 5.25. The van der Waals surface area contributed by atoms with E-state index in [0.29, 0.717) is 6.42 Å². The van der Waals surface area contributed by atoms with E-state index in [0.717, 1.165) is 0 Å². The highest BCUT2D eigenvalue weighted by Crippen LogP contribution is 2.18. The van der Waals surface area contributed by atoms with E-state index in [-0.39, 0.29) is 23.2 Å². The normalized spacial score (nSPS) is 11.4. The zero-order valence-electron chi connectivity index (χ0n) is 9.91. The van der Waals surface area contributed by atoms with Crippen LogP contribution in [0.15, 0.2) is 22.7 Å². The zero-order valence-corrected chi connectivity index (χ0v) is 11.5. The number of hydrogen-bond acceptors (Lipinski definition) is 3. The van der Waals surface area contributed by atoms with Gasteiger partial charge >= 0.3 is 0 Å². The average molecular weight is 320 g/mol. The molecule has 0 saturated heterocycles. The van der Waals surface area contributed by atoms with Crippen LogP contribution in [0.4, 0.5) is 4.39 Å². The maximum absolute atomic E-state index is 13.0. The van der Waals surface area contributed by atoms with Crippen LogP contribution in [-0.4, -0.2) is 34.9 Å². The second-order valence-corrected chi connectivity index (χ2v) is 4.89. The Morgan fingerprint density at radius 2 is 2.06 bits per heavy atom. The molecule has 0 radical (unpaired) electrons. The molecule has 1 aromatic carbocycles. The first-order valence-electron chi connectivity index (χ1n) is 5.47. The van der Waals surface area contributed by atoms with E-state index >= 15 is 0 Å². The first-order chi connectivity index (χ1) is 8.48. The summed E-state index contributed by atoms with van der Waals surface area (Å²) in [6, 6.07) is 3.86. The molecule has 0 aromatic heterocycles. The number of halogens is 2. The molecule has 4 nitrogen and oxygen atoms in total. The molecule has 0 unspecified atom stereocenters. The van der Waals surface area contributed by atoms with E-state index < -0.39 is 17.3 Å². The standard InChI is InChI=1S/C12H15BrFNO3/c1-2-12(6-16,7-17)15-11(18)8-3-4-10(14)9(13)5-8/h3-5,16-17H,2,6-7H2,1H3,(H,15,18). The van der Waals surface area contributed by atoms with Crippen molar-refractivity contribution in [2.24, 2.45) is 0 Å². The molecule has 0 atom stereocenters. The van der Waals surface area contributed by atoms with Gasteiger partial charge in [-0.1, -0.05) is 6.92 Å². The molecule has 0 aliphatic rings. The monoisotopic (exact) mass is 319 g/mol. The highest BCUT2D eigenvalue weighted by molar-refractivity contribution is 9.10. The van der Waals surface area contributed by atoms with Crippen LogP contribution in [0.2, 0.25) is 0 Å². The van der Waals surface area contributed by atoms with Crippen molar-refractivity contribution in [3.05, 3.63) is 34.1 Å². The molecule has 100 valence electrons. The number of carbonyl (C=O) groups excluding carboxylic acids is 1. The molecule has 0 bridgehead atoms. The van der Waals surface area contributed by atoms with Crippen LogP contribution >= 0.6 is 15.9 Å². The summed E-state index contributed by atoms with van der Waals surface area (Å²) < 4.78 is 13.2. The molecule has 3 N–H and O–H groups in total. The number of carbonyl (C=O) groups is 1. The summed E-state index contributed by atoms with van der Waals surface area (Å²) in [6.07, 6.45) is 0.383. The third kappa shape index (κ3) is 3.28. The fourth-order valence-corrected chi connectivity index (χ4v) is 1.77. The van der Waals surface area contributed by atoms with Gasteiger partial charge in [-0.25, -0.2) is 4.39 Å². The van der Waals surface area contributed by atoms with Crippen molar-refractivity contribution in [2.75, 3.05) is 13.2 Å². The lowest BCUT2D eigenvalue weighted by molar-refractivity contribution is 0.0653. The SMILES string of the molecule is CCC(CO)(CO)NC(=O)c1ccc(F)c(Br)c1. The van der Waals surface area contributed by atoms with Crippen molar-refractivity contribution < 1.29 is 19.4 Å². The molecule has 6 heteroatoms. The highest BCUT2D eigenvalue weighted by Gasteiger charge is 2.29. The van der Waals surface area contributed by atoms with Gasteiger partial charge in [0.15, 0.2) is 0 Å². The number of hydrogen-bond donors (Lipinski definition) is 3. The van der Waals surface area contributed by atoms with E-state index in [9.17, 15) is 19.4 Å². The van der Waals surface area contributed by atoms with Gasteiger partial charge in [0.05, 0.1) is 23.2 Å². The van der Waals surface area contributed by atoms with E-state index in [1.54, 1.807) is 6.92 Å². The second-order valence-electron chi connectivity index (χ2n) is 4.03. The Hall–Kier alpha value is -0.980. The fraction of sp³-hybridized carbons (Fsp3) is 0.417. The Morgan fingerprint density at radius 1 is 1.44 bits per heavy atom. The molecule has 1 aromatic rings. The lowest BCUT2D eigenvalue weighted by Crippen LogP contribution is -2.53. The number of aliphatic hydroxyl groups excluding tert-OH is 2. The van der Waals surface area contributed by atoms with Gasteiger partial charge in [-0.05, 0) is 40.5 Å². The number of aliphatic hydroxyl groups is 2. The van der Waals surface area contributed by atoms with Crippen molar-refractivity contribution in [3.63, 3.8) is 0 Å². The number of rotatable bonds is 5. The van der Waals surface area contributed by atoms with Crippen LogP contribution in [0.1, 0.15) is 23.7 Å². The van der Waals surface area contributed by atoms with Crippen LogP contribution in [0, 0.1) is 5.82 Å². The Morgan fingerprint density at radius 3 is 2.50 bits per heavy atom. The smallest absolute Gasteiger partial charge is 0.251 e. The summed E-state index contributed by atoms with van der Waals surface area (Å²) >= 11 is 2.99. The molecule has 0 spiro atoms. The fourth-order valence-electron chi connectivity index (χ4n) is 1.39. The highest BCUT2D eigenvalue weighted by atomic mass is 79.9. The molecular weight excluding hydrogens is 305 g/mol. The van der Waals surface area contributed by atoms with Gasteiger partial charge in [0, 0.05) is 5.56 Å². The molecule has 18 heavy (non-hydrogen) atoms. The third-order valence-corrected chi connectivity index (χ3v) is 3.45. The van der Waals surface area contributed by atoms with Gasteiger partial charge in [0.25, 0.3) is 5.91 Å². The first-order valence-corrected chi connectivity index (χ1v) is 6.26. The first kappa shape index (κ1) is 15.1. The Labute approximate surface area is 113 Å². The average Bonchev–Trinajstić information content (AvgIpc) is 2.39. The topological polar surface area (TPSA) is 69.6 Å². The van der Waals surface area contributed by atoms with Gasteiger partial charge in [-0.2, -0.15) is 0 Å². The molecule has 1 rings (SSSR count). The summed E-state index contributed by atoms with van der Waals surface area (Å²) in [5.41, 5.74) is -0.805. The van der Waals surface area contributed by atoms with Crippen molar-refractivity contribution in [1.29, 1.82) is 0 Å². The summed E-state index contributed by atoms with van der Waals surface area (Å²) in [4.78, 5) is 11.9. The van der Waals surface area contributed by atoms with E-state index in [1.165, 1.54) is 18.2 Å². The van der Waals surface area contributed by atoms with Crippen LogP contribution in [0.3, 0.4) is 0 Å². The van der Waals surface area contributed by atoms with Crippen LogP contribution in [-0.2, 0) is 0 Å². The summed E-state index contributed by atoms with van der Waals surface area (Å²) in [5.74, 6) is -0.932. The second kappa shape index (κ2) is 6.26. The predicted molar refractivity (Wildman–Crippen MR) is 68.8 cm³/mol. The molecular formula is C12H15BrFNO3. The van der Waals surface area contributed by atoms with Gasteiger partial charge in [0.2, 0.25) is 0 Å². The minimum Gasteiger partial charge on any atom is -0.394 e. The minimum atomic E-state index is -1.06. The quantitative estimate of drug-likeness (QED) is 0.769. The third-order valence-electron chi connectivity index (χ3n) is 2.84. The molecule has 0 saturated carbocycles. The van der Waals surface area contributed by atoms with Crippen molar-refractivity contribution >= 4 is 21.8 Å². The number of amides is 1. The van der Waals surface area contributed by atoms with Crippen LogP contribution in [0.25, 0.3) is 0 Å². The minimum absolute atomic E-state index is 0.185. The molecule has 1 amide bonds. The maximum atomic E-state index is 13.0. The Balaban J connectivity index is 2.90. The Bertz CT molecular complexity index is 427. The van der Waals surface area contributed by atoms with Gasteiger partial charge in [-0.3, -0.25) is 4.79 Å². The van der Waals surface area contributed by atoms with Crippen molar-refractivity contribution in [1.82, 2.24) is 5.32 Å². The van der Waals surface area contributed by atoms with E-state index in [4.69, 9.17) is 0 Å². The summed E-state index contributed by atoms with van der Waals surface area (Å²) in [5, 5.41) is 21.0. The molecule has 0 aliphatic carbocycles. The van der Waals surface area contributed by atoms with Gasteiger partial charge in [0.1, 0.15) is 5.82 Å². The zero-order chi connectivity index (χ0) is 13.8. The van der Waals surface area contributed by atoms with Crippen LogP contribution in [0.5, 0.6) is 0 Å². The molecule has 0 fully saturated rings. The number of benzene rings is 1. The molecule has 0 heterocycles. The maximum Gasteiger partial charge on any atom is 0.251 e.